The van der Waals surface area contributed by atoms with Crippen LogP contribution in [0, 0.1) is 0 Å². The third kappa shape index (κ3) is 7.69. The fourth-order valence-corrected chi connectivity index (χ4v) is 7.62. The zero-order chi connectivity index (χ0) is 37.9. The lowest BCUT2D eigenvalue weighted by Crippen LogP contribution is -2.30. The van der Waals surface area contributed by atoms with Gasteiger partial charge in [0, 0.05) is 12.8 Å². The van der Waals surface area contributed by atoms with Crippen LogP contribution in [0.25, 0.3) is 20.7 Å². The first-order valence-corrected chi connectivity index (χ1v) is 18.1. The van der Waals surface area contributed by atoms with E-state index in [0.29, 0.717) is 26.2 Å². The summed E-state index contributed by atoms with van der Waals surface area (Å²) in [6.45, 7) is -0.293. The van der Waals surface area contributed by atoms with Gasteiger partial charge < -0.3 is 40.6 Å². The molecule has 2 aliphatic rings. The summed E-state index contributed by atoms with van der Waals surface area (Å²) in [6, 6.07) is 17.1. The molecule has 18 nitrogen and oxygen atoms in total. The van der Waals surface area contributed by atoms with Crippen LogP contribution >= 0.6 is 22.7 Å². The normalized spacial score (nSPS) is 22.2. The van der Waals surface area contributed by atoms with Crippen LogP contribution in [0.1, 0.15) is 46.0 Å². The molecule has 20 heteroatoms. The van der Waals surface area contributed by atoms with Crippen LogP contribution in [0.3, 0.4) is 0 Å². The van der Waals surface area contributed by atoms with E-state index in [9.17, 15) is 24.3 Å². The molecule has 0 aliphatic carbocycles. The fourth-order valence-electron chi connectivity index (χ4n) is 5.99. The van der Waals surface area contributed by atoms with Crippen LogP contribution in [0.2, 0.25) is 0 Å². The van der Waals surface area contributed by atoms with Gasteiger partial charge in [-0.3, -0.25) is 18.7 Å². The molecule has 0 radical (unpaired) electrons. The minimum Gasteiger partial charge on any atom is -0.459 e. The van der Waals surface area contributed by atoms with Crippen molar-refractivity contribution in [2.75, 3.05) is 24.7 Å². The Morgan fingerprint density at radius 2 is 1.30 bits per heavy atom. The second-order valence-corrected chi connectivity index (χ2v) is 14.1. The van der Waals surface area contributed by atoms with E-state index in [1.165, 1.54) is 21.5 Å². The highest BCUT2D eigenvalue weighted by Gasteiger charge is 2.42. The highest BCUT2D eigenvalue weighted by Crippen LogP contribution is 2.34. The van der Waals surface area contributed by atoms with Gasteiger partial charge in [-0.25, -0.2) is 19.6 Å². The van der Waals surface area contributed by atoms with Gasteiger partial charge >= 0.3 is 21.7 Å². The summed E-state index contributed by atoms with van der Waals surface area (Å²) >= 11 is 1.89. The van der Waals surface area contributed by atoms with Gasteiger partial charge in [0.15, 0.2) is 23.8 Å². The highest BCUT2D eigenvalue weighted by atomic mass is 32.1. The van der Waals surface area contributed by atoms with Crippen molar-refractivity contribution in [2.24, 2.45) is 0 Å². The summed E-state index contributed by atoms with van der Waals surface area (Å²) in [6.07, 6.45) is -1.26. The monoisotopic (exact) mass is 776 g/mol. The van der Waals surface area contributed by atoms with Crippen LogP contribution in [0.15, 0.2) is 82.6 Å². The number of nitrogens with two attached hydrogens (primary N) is 2. The van der Waals surface area contributed by atoms with Crippen molar-refractivity contribution in [1.82, 2.24) is 29.1 Å². The Morgan fingerprint density at radius 1 is 0.778 bits per heavy atom. The summed E-state index contributed by atoms with van der Waals surface area (Å²) in [5.74, 6) is -1.03. The summed E-state index contributed by atoms with van der Waals surface area (Å²) in [4.78, 5) is 65.3. The standard InChI is InChI=1S/C24H20N4O6S.C10H12N4O4S/c25-23-26-12-18-19(27-23)28(24(31)35-18)20-17(34-22(30)15-9-5-2-6-10-15)11-16(33-20)13-32-21(29)14-7-3-1-4-8-14;11-9-12-2-6-7(13-9)14(10(17)19-6)8-5(16)1-4(3-15)18-8/h1-10,12,16-17,20H,11,13H2,(H2,25,26,27);2,4-5,8,15-16H,1,3H2,(H2,11,12,13)/t16-,17+,20+;4-,5+,8+/m00/s1. The predicted octanol–water partition coefficient (Wildman–Crippen LogP) is 1.88. The molecule has 0 unspecified atom stereocenters. The number of aliphatic hydroxyl groups is 2. The van der Waals surface area contributed by atoms with Crippen molar-refractivity contribution in [3.63, 3.8) is 0 Å². The van der Waals surface area contributed by atoms with Crippen molar-refractivity contribution >= 4 is 67.2 Å². The number of aliphatic hydroxyl groups excluding tert-OH is 2. The maximum absolute atomic E-state index is 12.9. The third-order valence-corrected chi connectivity index (χ3v) is 10.2. The van der Waals surface area contributed by atoms with Crippen LogP contribution in [-0.2, 0) is 18.9 Å². The number of benzene rings is 2. The zero-order valence-electron chi connectivity index (χ0n) is 28.0. The van der Waals surface area contributed by atoms with E-state index >= 15 is 0 Å². The van der Waals surface area contributed by atoms with Gasteiger partial charge in [0.25, 0.3) is 0 Å². The quantitative estimate of drug-likeness (QED) is 0.161. The maximum Gasteiger partial charge on any atom is 0.338 e. The second-order valence-electron chi connectivity index (χ2n) is 12.1. The number of nitrogens with zero attached hydrogens (tertiary/aromatic N) is 6. The lowest BCUT2D eigenvalue weighted by molar-refractivity contribution is -0.0601. The molecule has 6 atom stereocenters. The van der Waals surface area contributed by atoms with Gasteiger partial charge in [-0.05, 0) is 24.3 Å². The van der Waals surface area contributed by atoms with Crippen molar-refractivity contribution in [3.8, 4) is 0 Å². The smallest absolute Gasteiger partial charge is 0.338 e. The number of hydrogen-bond acceptors (Lipinski definition) is 18. The topological polar surface area (TPSA) is 259 Å². The van der Waals surface area contributed by atoms with Gasteiger partial charge in [-0.2, -0.15) is 9.97 Å². The lowest BCUT2D eigenvalue weighted by Gasteiger charge is -2.20. The van der Waals surface area contributed by atoms with Gasteiger partial charge in [0.1, 0.15) is 18.8 Å². The van der Waals surface area contributed by atoms with Crippen LogP contribution in [0.5, 0.6) is 0 Å². The molecule has 2 saturated heterocycles. The third-order valence-electron chi connectivity index (χ3n) is 8.45. The SMILES string of the molecule is Nc1ncc2sc(=O)n([C@@H]3O[C@H](CO)C[C@H]3O)c2n1.Nc1ncc2sc(=O)n([C@@H]3O[C@H](COC(=O)c4ccccc4)C[C@H]3OC(=O)c3ccccc3)c2n1. The average Bonchev–Trinajstić information content (AvgIpc) is 3.92. The van der Waals surface area contributed by atoms with E-state index in [-0.39, 0.29) is 53.3 Å². The Balaban J connectivity index is 0.000000199. The Labute approximate surface area is 312 Å². The molecule has 0 amide bonds. The van der Waals surface area contributed by atoms with E-state index in [1.54, 1.807) is 60.7 Å². The number of fused-ring (bicyclic) bond motifs is 2. The Kier molecular flexibility index (Phi) is 10.7. The first kappa shape index (κ1) is 36.7. The Morgan fingerprint density at radius 3 is 1.83 bits per heavy atom. The molecule has 280 valence electrons. The van der Waals surface area contributed by atoms with Crippen molar-refractivity contribution in [3.05, 3.63) is 104 Å². The number of rotatable bonds is 8. The van der Waals surface area contributed by atoms with E-state index < -0.39 is 48.8 Å². The average molecular weight is 777 g/mol. The molecule has 0 spiro atoms. The summed E-state index contributed by atoms with van der Waals surface area (Å²) in [5.41, 5.74) is 12.6. The molecule has 2 aromatic carbocycles. The van der Waals surface area contributed by atoms with Crippen LogP contribution in [0.4, 0.5) is 11.9 Å². The molecular weight excluding hydrogens is 745 g/mol. The molecule has 6 aromatic rings. The molecule has 0 saturated carbocycles. The first-order valence-electron chi connectivity index (χ1n) is 16.4. The number of nitrogen functional groups attached to an aromatic ring is 2. The number of thiazole rings is 2. The lowest BCUT2D eigenvalue weighted by atomic mass is 10.2. The minimum absolute atomic E-state index is 0.00628. The number of esters is 2. The number of carbonyl (C=O) groups is 2. The number of aromatic nitrogens is 6. The van der Waals surface area contributed by atoms with Crippen LogP contribution < -0.4 is 21.2 Å². The number of hydrogen-bond donors (Lipinski definition) is 4. The number of carbonyl (C=O) groups excluding carboxylic acids is 2. The van der Waals surface area contributed by atoms with E-state index in [2.05, 4.69) is 19.9 Å². The molecule has 6 N–H and O–H groups in total. The van der Waals surface area contributed by atoms with Crippen molar-refractivity contribution in [2.45, 2.75) is 49.7 Å². The summed E-state index contributed by atoms with van der Waals surface area (Å²) in [5, 5.41) is 19.0. The molecule has 4 aromatic heterocycles. The molecule has 6 heterocycles. The molecule has 8 rings (SSSR count). The number of anilines is 2. The van der Waals surface area contributed by atoms with E-state index in [1.807, 2.05) is 0 Å². The van der Waals surface area contributed by atoms with Gasteiger partial charge in [-0.15, -0.1) is 0 Å². The van der Waals surface area contributed by atoms with E-state index in [0.717, 1.165) is 22.7 Å². The summed E-state index contributed by atoms with van der Waals surface area (Å²) < 4.78 is 26.4. The van der Waals surface area contributed by atoms with E-state index in [4.69, 9.17) is 35.5 Å². The molecule has 2 aliphatic heterocycles. The molecule has 2 fully saturated rings. The zero-order valence-corrected chi connectivity index (χ0v) is 29.7. The van der Waals surface area contributed by atoms with Gasteiger partial charge in [0.05, 0.1) is 51.7 Å². The van der Waals surface area contributed by atoms with Gasteiger partial charge in [0.2, 0.25) is 11.9 Å². The van der Waals surface area contributed by atoms with Gasteiger partial charge in [-0.1, -0.05) is 59.1 Å². The number of ether oxygens (including phenoxy) is 4. The largest absolute Gasteiger partial charge is 0.459 e. The highest BCUT2D eigenvalue weighted by molar-refractivity contribution is 7.16. The van der Waals surface area contributed by atoms with Crippen molar-refractivity contribution < 1.29 is 38.7 Å². The molecular formula is C34H32N8O10S2. The summed E-state index contributed by atoms with van der Waals surface area (Å²) in [7, 11) is 0. The van der Waals surface area contributed by atoms with Crippen molar-refractivity contribution in [1.29, 1.82) is 0 Å². The minimum atomic E-state index is -0.987. The fraction of sp³-hybridized carbons (Fsp3) is 0.294. The maximum atomic E-state index is 12.9. The predicted molar refractivity (Wildman–Crippen MR) is 195 cm³/mol. The first-order chi connectivity index (χ1) is 26.1. The molecule has 54 heavy (non-hydrogen) atoms. The Bertz CT molecular complexity index is 2400. The second kappa shape index (κ2) is 15.8. The molecule has 0 bridgehead atoms. The Hall–Kier alpha value is -5.64. The van der Waals surface area contributed by atoms with Crippen LogP contribution in [-0.4, -0.2) is 88.9 Å².